The summed E-state index contributed by atoms with van der Waals surface area (Å²) in [6, 6.07) is 30.0. The first-order chi connectivity index (χ1) is 16.6. The highest BCUT2D eigenvalue weighted by Crippen LogP contribution is 2.50. The van der Waals surface area contributed by atoms with Crippen molar-refractivity contribution in [2.24, 2.45) is 0 Å². The molecule has 0 fully saturated rings. The van der Waals surface area contributed by atoms with E-state index in [2.05, 4.69) is 106 Å². The number of thiophene rings is 2. The van der Waals surface area contributed by atoms with Crippen LogP contribution in [0, 0.1) is 20.8 Å². The summed E-state index contributed by atoms with van der Waals surface area (Å²) >= 11 is 5.57. The Kier molecular flexibility index (Phi) is 5.45. The van der Waals surface area contributed by atoms with Crippen molar-refractivity contribution in [2.75, 3.05) is 0 Å². The average molecular weight is 494 g/mol. The van der Waals surface area contributed by atoms with E-state index >= 15 is 0 Å². The SMILES string of the molecule is Cc1sc(-c2ccccc2)c(C)c1-c1sc(-c2ccccc2)nc1-c1c(C)sc2ccccc12. The molecule has 3 aromatic heterocycles. The third-order valence-corrected chi connectivity index (χ3v) is 9.71. The number of nitrogens with zero attached hydrogens (tertiary/aromatic N) is 1. The molecule has 0 unspecified atom stereocenters. The summed E-state index contributed by atoms with van der Waals surface area (Å²) in [6.45, 7) is 6.75. The van der Waals surface area contributed by atoms with Gasteiger partial charge in [0.05, 0.1) is 10.6 Å². The number of rotatable bonds is 4. The zero-order valence-electron chi connectivity index (χ0n) is 19.3. The number of aromatic nitrogens is 1. The molecule has 1 nitrogen and oxygen atoms in total. The van der Waals surface area contributed by atoms with E-state index in [0.717, 1.165) is 10.7 Å². The third kappa shape index (κ3) is 3.54. The highest BCUT2D eigenvalue weighted by Gasteiger charge is 2.25. The lowest BCUT2D eigenvalue weighted by atomic mass is 10.00. The summed E-state index contributed by atoms with van der Waals surface area (Å²) in [5.74, 6) is 0. The van der Waals surface area contributed by atoms with Crippen LogP contribution in [0.4, 0.5) is 0 Å². The van der Waals surface area contributed by atoms with Crippen molar-refractivity contribution in [1.82, 2.24) is 4.98 Å². The van der Waals surface area contributed by atoms with Gasteiger partial charge < -0.3 is 0 Å². The number of thiazole rings is 1. The first-order valence-corrected chi connectivity index (χ1v) is 13.8. The predicted molar refractivity (Wildman–Crippen MR) is 151 cm³/mol. The normalized spacial score (nSPS) is 11.4. The van der Waals surface area contributed by atoms with Gasteiger partial charge >= 0.3 is 0 Å². The Bertz CT molecular complexity index is 1620. The monoisotopic (exact) mass is 493 g/mol. The van der Waals surface area contributed by atoms with Gasteiger partial charge in [0.15, 0.2) is 0 Å². The van der Waals surface area contributed by atoms with Crippen LogP contribution in [-0.2, 0) is 0 Å². The zero-order valence-corrected chi connectivity index (χ0v) is 21.7. The lowest BCUT2D eigenvalue weighted by Gasteiger charge is -2.06. The van der Waals surface area contributed by atoms with E-state index in [1.807, 2.05) is 34.0 Å². The zero-order chi connectivity index (χ0) is 23.2. The lowest BCUT2D eigenvalue weighted by Crippen LogP contribution is -1.86. The van der Waals surface area contributed by atoms with Gasteiger partial charge in [0.25, 0.3) is 0 Å². The minimum Gasteiger partial charge on any atom is -0.235 e. The van der Waals surface area contributed by atoms with Gasteiger partial charge in [-0.15, -0.1) is 34.0 Å². The molecule has 0 atom stereocenters. The fourth-order valence-corrected chi connectivity index (χ4v) is 8.22. The summed E-state index contributed by atoms with van der Waals surface area (Å²) in [4.78, 5) is 10.6. The molecule has 166 valence electrons. The second-order valence-electron chi connectivity index (χ2n) is 8.45. The first-order valence-electron chi connectivity index (χ1n) is 11.3. The second-order valence-corrected chi connectivity index (χ2v) is 11.9. The molecule has 0 aliphatic carbocycles. The molecule has 0 amide bonds. The van der Waals surface area contributed by atoms with E-state index in [9.17, 15) is 0 Å². The minimum atomic E-state index is 1.08. The quantitative estimate of drug-likeness (QED) is 0.238. The fourth-order valence-electron chi connectivity index (χ4n) is 4.68. The molecular weight excluding hydrogens is 471 g/mol. The lowest BCUT2D eigenvalue weighted by molar-refractivity contribution is 1.39. The molecule has 0 radical (unpaired) electrons. The number of fused-ring (bicyclic) bond motifs is 1. The molecule has 4 heteroatoms. The number of hydrogen-bond acceptors (Lipinski definition) is 4. The van der Waals surface area contributed by atoms with E-state index in [4.69, 9.17) is 4.98 Å². The van der Waals surface area contributed by atoms with Crippen LogP contribution in [0.2, 0.25) is 0 Å². The molecule has 0 saturated carbocycles. The molecule has 3 heterocycles. The molecule has 0 saturated heterocycles. The van der Waals surface area contributed by atoms with Gasteiger partial charge in [-0.05, 0) is 38.0 Å². The summed E-state index contributed by atoms with van der Waals surface area (Å²) in [5, 5.41) is 2.37. The van der Waals surface area contributed by atoms with Crippen LogP contribution in [-0.4, -0.2) is 4.98 Å². The van der Waals surface area contributed by atoms with Crippen LogP contribution in [0.25, 0.3) is 52.8 Å². The summed E-state index contributed by atoms with van der Waals surface area (Å²) in [6.07, 6.45) is 0. The van der Waals surface area contributed by atoms with Crippen molar-refractivity contribution in [2.45, 2.75) is 20.8 Å². The summed E-state index contributed by atoms with van der Waals surface area (Å²) in [5.41, 5.74) is 7.53. The van der Waals surface area contributed by atoms with Gasteiger partial charge in [0.2, 0.25) is 0 Å². The molecular formula is C30H23NS3. The van der Waals surface area contributed by atoms with E-state index in [-0.39, 0.29) is 0 Å². The van der Waals surface area contributed by atoms with E-state index in [1.165, 1.54) is 57.4 Å². The largest absolute Gasteiger partial charge is 0.235 e. The maximum Gasteiger partial charge on any atom is 0.124 e. The Morgan fingerprint density at radius 2 is 1.18 bits per heavy atom. The molecule has 0 aliphatic rings. The topological polar surface area (TPSA) is 12.9 Å². The third-order valence-electron chi connectivity index (χ3n) is 6.24. The maximum atomic E-state index is 5.30. The molecule has 34 heavy (non-hydrogen) atoms. The number of hydrogen-bond donors (Lipinski definition) is 0. The van der Waals surface area contributed by atoms with Crippen LogP contribution >= 0.6 is 34.0 Å². The predicted octanol–water partition coefficient (Wildman–Crippen LogP) is 10.0. The van der Waals surface area contributed by atoms with Gasteiger partial charge in [-0.1, -0.05) is 78.9 Å². The van der Waals surface area contributed by atoms with Crippen LogP contribution in [0.3, 0.4) is 0 Å². The summed E-state index contributed by atoms with van der Waals surface area (Å²) < 4.78 is 1.32. The van der Waals surface area contributed by atoms with E-state index < -0.39 is 0 Å². The van der Waals surface area contributed by atoms with Crippen molar-refractivity contribution in [1.29, 1.82) is 0 Å². The highest BCUT2D eigenvalue weighted by atomic mass is 32.1. The Hall–Kier alpha value is -3.05. The maximum absolute atomic E-state index is 5.30. The molecule has 6 aromatic rings. The van der Waals surface area contributed by atoms with Gasteiger partial charge in [0.1, 0.15) is 5.01 Å². The molecule has 3 aromatic carbocycles. The van der Waals surface area contributed by atoms with Crippen molar-refractivity contribution in [3.05, 3.63) is 100 Å². The van der Waals surface area contributed by atoms with E-state index in [0.29, 0.717) is 0 Å². The number of aryl methyl sites for hydroxylation is 2. The van der Waals surface area contributed by atoms with Crippen molar-refractivity contribution >= 4 is 44.1 Å². The Morgan fingerprint density at radius 3 is 1.91 bits per heavy atom. The molecule has 6 rings (SSSR count). The van der Waals surface area contributed by atoms with Crippen LogP contribution in [0.5, 0.6) is 0 Å². The van der Waals surface area contributed by atoms with Gasteiger partial charge in [-0.25, -0.2) is 4.98 Å². The van der Waals surface area contributed by atoms with Crippen LogP contribution < -0.4 is 0 Å². The van der Waals surface area contributed by atoms with E-state index in [1.54, 1.807) is 0 Å². The number of benzene rings is 3. The standard InChI is InChI=1S/C30H23NS3/c1-18-25(19(2)33-28(18)21-12-6-4-7-13-21)29-27(31-30(34-29)22-14-8-5-9-15-22)26-20(3)32-24-17-11-10-16-23(24)26/h4-17H,1-3H3. The van der Waals surface area contributed by atoms with Gasteiger partial charge in [0, 0.05) is 41.4 Å². The fraction of sp³-hybridized carbons (Fsp3) is 0.100. The Labute approximate surface area is 212 Å². The van der Waals surface area contributed by atoms with Crippen molar-refractivity contribution < 1.29 is 0 Å². The highest BCUT2D eigenvalue weighted by molar-refractivity contribution is 7.21. The second kappa shape index (κ2) is 8.62. The van der Waals surface area contributed by atoms with Crippen molar-refractivity contribution in [3.63, 3.8) is 0 Å². The molecule has 0 spiro atoms. The van der Waals surface area contributed by atoms with Crippen molar-refractivity contribution in [3.8, 4) is 42.7 Å². The van der Waals surface area contributed by atoms with Crippen LogP contribution in [0.15, 0.2) is 84.9 Å². The van der Waals surface area contributed by atoms with Gasteiger partial charge in [-0.2, -0.15) is 0 Å². The Balaban J connectivity index is 1.64. The first kappa shape index (κ1) is 21.5. The van der Waals surface area contributed by atoms with Crippen LogP contribution in [0.1, 0.15) is 15.3 Å². The Morgan fingerprint density at radius 1 is 0.559 bits per heavy atom. The smallest absolute Gasteiger partial charge is 0.124 e. The summed E-state index contributed by atoms with van der Waals surface area (Å²) in [7, 11) is 0. The molecule has 0 bridgehead atoms. The molecule has 0 N–H and O–H groups in total. The molecule has 0 aliphatic heterocycles. The minimum absolute atomic E-state index is 1.08. The van der Waals surface area contributed by atoms with Gasteiger partial charge in [-0.3, -0.25) is 0 Å². The average Bonchev–Trinajstić information content (AvgIpc) is 3.52.